The molecule has 6 heteroatoms. The normalized spacial score (nSPS) is 15.5. The topological polar surface area (TPSA) is 70.2 Å². The quantitative estimate of drug-likeness (QED) is 0.737. The summed E-state index contributed by atoms with van der Waals surface area (Å²) in [6.07, 6.45) is 2.11. The summed E-state index contributed by atoms with van der Waals surface area (Å²) >= 11 is 3.34. The summed E-state index contributed by atoms with van der Waals surface area (Å²) in [6, 6.07) is 7.33. The minimum atomic E-state index is -0.371. The summed E-state index contributed by atoms with van der Waals surface area (Å²) in [5.41, 5.74) is 0.723. The van der Waals surface area contributed by atoms with E-state index in [0.29, 0.717) is 6.04 Å². The summed E-state index contributed by atoms with van der Waals surface area (Å²) in [4.78, 5) is 23.5. The second-order valence-corrected chi connectivity index (χ2v) is 5.86. The number of amides is 2. The molecule has 1 aliphatic carbocycles. The standard InChI is InChI=1S/C14H18BrN3O2/c1-9(14(20)18-11-5-6-11)16-8-13(19)17-12-4-2-3-10(15)7-12/h2-4,7,9,11,16H,5-6,8H2,1H3,(H,17,19)(H,18,20). The Balaban J connectivity index is 1.72. The number of benzene rings is 1. The first-order chi connectivity index (χ1) is 9.54. The molecule has 2 rings (SSSR count). The molecule has 1 aliphatic rings. The highest BCUT2D eigenvalue weighted by Crippen LogP contribution is 2.18. The number of hydrogen-bond acceptors (Lipinski definition) is 3. The van der Waals surface area contributed by atoms with Crippen molar-refractivity contribution in [2.24, 2.45) is 0 Å². The van der Waals surface area contributed by atoms with Crippen LogP contribution in [0.1, 0.15) is 19.8 Å². The Hall–Kier alpha value is -1.40. The minimum absolute atomic E-state index is 0.0530. The number of hydrogen-bond donors (Lipinski definition) is 3. The fourth-order valence-corrected chi connectivity index (χ4v) is 2.06. The van der Waals surface area contributed by atoms with Gasteiger partial charge in [-0.1, -0.05) is 22.0 Å². The van der Waals surface area contributed by atoms with Gasteiger partial charge in [0.1, 0.15) is 0 Å². The molecule has 0 radical (unpaired) electrons. The Morgan fingerprint density at radius 3 is 2.80 bits per heavy atom. The average Bonchev–Trinajstić information content (AvgIpc) is 3.19. The number of carbonyl (C=O) groups is 2. The first kappa shape index (κ1) is 15.0. The van der Waals surface area contributed by atoms with Crippen LogP contribution in [0.3, 0.4) is 0 Å². The highest BCUT2D eigenvalue weighted by molar-refractivity contribution is 9.10. The van der Waals surface area contributed by atoms with Crippen molar-refractivity contribution in [3.05, 3.63) is 28.7 Å². The van der Waals surface area contributed by atoms with E-state index in [9.17, 15) is 9.59 Å². The largest absolute Gasteiger partial charge is 0.352 e. The van der Waals surface area contributed by atoms with E-state index in [1.807, 2.05) is 24.3 Å². The fourth-order valence-electron chi connectivity index (χ4n) is 1.66. The lowest BCUT2D eigenvalue weighted by Gasteiger charge is -2.13. The van der Waals surface area contributed by atoms with E-state index in [1.165, 1.54) is 0 Å². The second-order valence-electron chi connectivity index (χ2n) is 4.94. The molecule has 5 nitrogen and oxygen atoms in total. The smallest absolute Gasteiger partial charge is 0.238 e. The van der Waals surface area contributed by atoms with Crippen LogP contribution >= 0.6 is 15.9 Å². The van der Waals surface area contributed by atoms with Gasteiger partial charge < -0.3 is 10.6 Å². The van der Waals surface area contributed by atoms with E-state index in [1.54, 1.807) is 6.92 Å². The molecule has 1 saturated carbocycles. The van der Waals surface area contributed by atoms with Gasteiger partial charge in [0.05, 0.1) is 12.6 Å². The van der Waals surface area contributed by atoms with Crippen molar-refractivity contribution in [3.8, 4) is 0 Å². The highest BCUT2D eigenvalue weighted by Gasteiger charge is 2.25. The zero-order chi connectivity index (χ0) is 14.5. The van der Waals surface area contributed by atoms with Gasteiger partial charge in [0, 0.05) is 16.2 Å². The van der Waals surface area contributed by atoms with E-state index >= 15 is 0 Å². The molecule has 0 heterocycles. The summed E-state index contributed by atoms with van der Waals surface area (Å²) in [5.74, 6) is -0.225. The van der Waals surface area contributed by atoms with Crippen LogP contribution in [0.25, 0.3) is 0 Å². The van der Waals surface area contributed by atoms with E-state index in [4.69, 9.17) is 0 Å². The van der Waals surface area contributed by atoms with Crippen LogP contribution in [-0.2, 0) is 9.59 Å². The molecule has 20 heavy (non-hydrogen) atoms. The zero-order valence-corrected chi connectivity index (χ0v) is 12.9. The number of nitrogens with one attached hydrogen (secondary N) is 3. The maximum atomic E-state index is 11.8. The highest BCUT2D eigenvalue weighted by atomic mass is 79.9. The van der Waals surface area contributed by atoms with Crippen LogP contribution in [0.5, 0.6) is 0 Å². The number of rotatable bonds is 6. The van der Waals surface area contributed by atoms with Gasteiger partial charge in [0.2, 0.25) is 11.8 Å². The first-order valence-corrected chi connectivity index (χ1v) is 7.43. The second kappa shape index (κ2) is 6.85. The molecule has 1 aromatic carbocycles. The Morgan fingerprint density at radius 1 is 1.40 bits per heavy atom. The van der Waals surface area contributed by atoms with Gasteiger partial charge in [-0.25, -0.2) is 0 Å². The molecule has 2 amide bonds. The third-order valence-corrected chi connectivity index (χ3v) is 3.49. The molecule has 3 N–H and O–H groups in total. The molecule has 0 aromatic heterocycles. The lowest BCUT2D eigenvalue weighted by Crippen LogP contribution is -2.45. The van der Waals surface area contributed by atoms with Crippen LogP contribution < -0.4 is 16.0 Å². The zero-order valence-electron chi connectivity index (χ0n) is 11.3. The van der Waals surface area contributed by atoms with E-state index in [-0.39, 0.29) is 24.4 Å². The molecule has 0 spiro atoms. The minimum Gasteiger partial charge on any atom is -0.352 e. The maximum Gasteiger partial charge on any atom is 0.238 e. The van der Waals surface area contributed by atoms with Crippen molar-refractivity contribution in [2.45, 2.75) is 31.8 Å². The number of carbonyl (C=O) groups excluding carboxylic acids is 2. The molecule has 108 valence electrons. The molecular weight excluding hydrogens is 322 g/mol. The lowest BCUT2D eigenvalue weighted by atomic mass is 10.3. The van der Waals surface area contributed by atoms with Crippen molar-refractivity contribution in [1.29, 1.82) is 0 Å². The number of anilines is 1. The van der Waals surface area contributed by atoms with Crippen LogP contribution in [0.15, 0.2) is 28.7 Å². The summed E-state index contributed by atoms with van der Waals surface area (Å²) < 4.78 is 0.903. The molecule has 1 unspecified atom stereocenters. The first-order valence-electron chi connectivity index (χ1n) is 6.64. The molecule has 0 bridgehead atoms. The predicted molar refractivity (Wildman–Crippen MR) is 81.4 cm³/mol. The fraction of sp³-hybridized carbons (Fsp3) is 0.429. The van der Waals surface area contributed by atoms with Crippen molar-refractivity contribution >= 4 is 33.4 Å². The van der Waals surface area contributed by atoms with Gasteiger partial charge in [-0.2, -0.15) is 0 Å². The van der Waals surface area contributed by atoms with Gasteiger partial charge >= 0.3 is 0 Å². The summed E-state index contributed by atoms with van der Waals surface area (Å²) in [7, 11) is 0. The predicted octanol–water partition coefficient (Wildman–Crippen LogP) is 1.64. The van der Waals surface area contributed by atoms with Crippen molar-refractivity contribution in [3.63, 3.8) is 0 Å². The molecule has 1 fully saturated rings. The molecule has 0 saturated heterocycles. The van der Waals surface area contributed by atoms with Gasteiger partial charge in [-0.15, -0.1) is 0 Å². The van der Waals surface area contributed by atoms with E-state index in [2.05, 4.69) is 31.9 Å². The molecule has 0 aliphatic heterocycles. The van der Waals surface area contributed by atoms with Crippen LogP contribution in [-0.4, -0.2) is 30.4 Å². The SMILES string of the molecule is CC(NCC(=O)Nc1cccc(Br)c1)C(=O)NC1CC1. The third kappa shape index (κ3) is 4.94. The van der Waals surface area contributed by atoms with Crippen LogP contribution in [0.4, 0.5) is 5.69 Å². The van der Waals surface area contributed by atoms with E-state index < -0.39 is 0 Å². The Labute approximate surface area is 126 Å². The van der Waals surface area contributed by atoms with E-state index in [0.717, 1.165) is 23.0 Å². The third-order valence-electron chi connectivity index (χ3n) is 2.99. The lowest BCUT2D eigenvalue weighted by molar-refractivity contribution is -0.123. The molecular formula is C14H18BrN3O2. The van der Waals surface area contributed by atoms with Crippen molar-refractivity contribution < 1.29 is 9.59 Å². The van der Waals surface area contributed by atoms with Gasteiger partial charge in [0.25, 0.3) is 0 Å². The van der Waals surface area contributed by atoms with Crippen LogP contribution in [0.2, 0.25) is 0 Å². The Morgan fingerprint density at radius 2 is 2.15 bits per heavy atom. The van der Waals surface area contributed by atoms with Crippen LogP contribution in [0, 0.1) is 0 Å². The molecule has 1 aromatic rings. The summed E-state index contributed by atoms with van der Waals surface area (Å²) in [5, 5.41) is 8.58. The molecule has 1 atom stereocenters. The maximum absolute atomic E-state index is 11.8. The average molecular weight is 340 g/mol. The summed E-state index contributed by atoms with van der Waals surface area (Å²) in [6.45, 7) is 1.86. The van der Waals surface area contributed by atoms with Gasteiger partial charge in [-0.05, 0) is 38.0 Å². The number of halogens is 1. The van der Waals surface area contributed by atoms with Crippen molar-refractivity contribution in [1.82, 2.24) is 10.6 Å². The van der Waals surface area contributed by atoms with Gasteiger partial charge in [-0.3, -0.25) is 14.9 Å². The Kier molecular flexibility index (Phi) is 5.14. The van der Waals surface area contributed by atoms with Gasteiger partial charge in [0.15, 0.2) is 0 Å². The monoisotopic (exact) mass is 339 g/mol. The van der Waals surface area contributed by atoms with Crippen molar-refractivity contribution in [2.75, 3.05) is 11.9 Å². The Bertz CT molecular complexity index is 503.